The molecule has 1 unspecified atom stereocenters. The van der Waals surface area contributed by atoms with Gasteiger partial charge in [-0.25, -0.2) is 0 Å². The number of rotatable bonds is 0. The lowest BCUT2D eigenvalue weighted by molar-refractivity contribution is 0.315. The van der Waals surface area contributed by atoms with Gasteiger partial charge in [-0.05, 0) is 13.5 Å². The Hall–Kier alpha value is -1.16. The summed E-state index contributed by atoms with van der Waals surface area (Å²) in [5.74, 6) is 0.509. The largest absolute Gasteiger partial charge is 0.397 e. The molecule has 0 aromatic heterocycles. The van der Waals surface area contributed by atoms with Crippen molar-refractivity contribution in [3.05, 3.63) is 23.2 Å². The first-order valence-corrected chi connectivity index (χ1v) is 5.45. The molecule has 0 aromatic rings. The molecule has 84 valence electrons. The average molecular weight is 208 g/mol. The van der Waals surface area contributed by atoms with Crippen LogP contribution in [0.3, 0.4) is 0 Å². The van der Waals surface area contributed by atoms with Gasteiger partial charge in [-0.2, -0.15) is 0 Å². The summed E-state index contributed by atoms with van der Waals surface area (Å²) in [5.41, 5.74) is 14.7. The number of likely N-dealkylation sites (N-methyl/N-ethyl adjacent to an activating group) is 2. The highest BCUT2D eigenvalue weighted by Crippen LogP contribution is 2.29. The van der Waals surface area contributed by atoms with Crippen LogP contribution in [0.5, 0.6) is 0 Å². The van der Waals surface area contributed by atoms with Crippen molar-refractivity contribution in [1.29, 1.82) is 0 Å². The van der Waals surface area contributed by atoms with Crippen molar-refractivity contribution < 1.29 is 0 Å². The second-order valence-corrected chi connectivity index (χ2v) is 4.57. The number of allylic oxidation sites excluding steroid dienone is 1. The summed E-state index contributed by atoms with van der Waals surface area (Å²) in [7, 11) is 4.27. The summed E-state index contributed by atoms with van der Waals surface area (Å²) >= 11 is 0. The van der Waals surface area contributed by atoms with E-state index in [2.05, 4.69) is 30.0 Å². The van der Waals surface area contributed by atoms with Crippen molar-refractivity contribution >= 4 is 0 Å². The Balaban J connectivity index is 2.34. The quantitative estimate of drug-likeness (QED) is 0.583. The van der Waals surface area contributed by atoms with Gasteiger partial charge in [0.2, 0.25) is 0 Å². The molecule has 4 heteroatoms. The molecule has 0 radical (unpaired) electrons. The van der Waals surface area contributed by atoms with Gasteiger partial charge >= 0.3 is 0 Å². The van der Waals surface area contributed by atoms with Crippen molar-refractivity contribution in [2.75, 3.05) is 33.7 Å². The van der Waals surface area contributed by atoms with E-state index in [0.29, 0.717) is 5.92 Å². The molecule has 0 spiro atoms. The summed E-state index contributed by atoms with van der Waals surface area (Å²) in [6, 6.07) is 0. The van der Waals surface area contributed by atoms with Gasteiger partial charge in [0.05, 0.1) is 11.4 Å². The first-order chi connectivity index (χ1) is 7.09. The van der Waals surface area contributed by atoms with Crippen molar-refractivity contribution in [1.82, 2.24) is 9.80 Å². The van der Waals surface area contributed by atoms with Crippen molar-refractivity contribution in [3.8, 4) is 0 Å². The fourth-order valence-electron chi connectivity index (χ4n) is 2.45. The third-order valence-corrected chi connectivity index (χ3v) is 3.36. The van der Waals surface area contributed by atoms with Crippen molar-refractivity contribution in [3.63, 3.8) is 0 Å². The Morgan fingerprint density at radius 3 is 2.73 bits per heavy atom. The normalized spacial score (nSPS) is 28.5. The summed E-state index contributed by atoms with van der Waals surface area (Å²) in [4.78, 5) is 4.61. The predicted molar refractivity (Wildman–Crippen MR) is 61.7 cm³/mol. The molecule has 15 heavy (non-hydrogen) atoms. The maximum Gasteiger partial charge on any atom is 0.0742 e. The monoisotopic (exact) mass is 208 g/mol. The van der Waals surface area contributed by atoms with E-state index in [1.165, 1.54) is 5.70 Å². The summed E-state index contributed by atoms with van der Waals surface area (Å²) in [6.07, 6.45) is 3.06. The maximum atomic E-state index is 6.06. The van der Waals surface area contributed by atoms with Gasteiger partial charge in [0, 0.05) is 38.3 Å². The van der Waals surface area contributed by atoms with Crippen molar-refractivity contribution in [2.45, 2.75) is 6.42 Å². The first kappa shape index (κ1) is 10.4. The van der Waals surface area contributed by atoms with Gasteiger partial charge < -0.3 is 21.3 Å². The van der Waals surface area contributed by atoms with Gasteiger partial charge in [-0.3, -0.25) is 0 Å². The minimum atomic E-state index is 0.509. The van der Waals surface area contributed by atoms with E-state index < -0.39 is 0 Å². The van der Waals surface area contributed by atoms with E-state index in [-0.39, 0.29) is 0 Å². The molecule has 1 saturated heterocycles. The van der Waals surface area contributed by atoms with Gasteiger partial charge in [0.1, 0.15) is 0 Å². The Kier molecular flexibility index (Phi) is 2.61. The fraction of sp³-hybridized carbons (Fsp3) is 0.636. The SMILES string of the molecule is CN1CCN(C)C2=C(N)C(N)=CCC2C1. The number of hydrogen-bond acceptors (Lipinski definition) is 4. The van der Waals surface area contributed by atoms with E-state index in [4.69, 9.17) is 11.5 Å². The Labute approximate surface area is 91.2 Å². The maximum absolute atomic E-state index is 6.06. The van der Waals surface area contributed by atoms with Gasteiger partial charge in [-0.1, -0.05) is 6.08 Å². The third kappa shape index (κ3) is 1.81. The zero-order chi connectivity index (χ0) is 11.0. The molecule has 4 nitrogen and oxygen atoms in total. The van der Waals surface area contributed by atoms with Crippen LogP contribution in [0.2, 0.25) is 0 Å². The highest BCUT2D eigenvalue weighted by atomic mass is 15.2. The standard InChI is InChI=1S/C11H20N4/c1-14-5-6-15(2)11-8(7-14)3-4-9(12)10(11)13/h4,8H,3,5-7,12-13H2,1-2H3. The molecule has 1 heterocycles. The second kappa shape index (κ2) is 3.77. The van der Waals surface area contributed by atoms with E-state index in [9.17, 15) is 0 Å². The second-order valence-electron chi connectivity index (χ2n) is 4.57. The lowest BCUT2D eigenvalue weighted by Crippen LogP contribution is -2.31. The van der Waals surface area contributed by atoms with Crippen LogP contribution in [0.25, 0.3) is 0 Å². The van der Waals surface area contributed by atoms with Crippen LogP contribution in [0.4, 0.5) is 0 Å². The molecule has 2 aliphatic rings. The topological polar surface area (TPSA) is 58.5 Å². The zero-order valence-corrected chi connectivity index (χ0v) is 9.53. The highest BCUT2D eigenvalue weighted by molar-refractivity contribution is 5.35. The van der Waals surface area contributed by atoms with Crippen LogP contribution in [0.1, 0.15) is 6.42 Å². The third-order valence-electron chi connectivity index (χ3n) is 3.36. The molecule has 1 fully saturated rings. The van der Waals surface area contributed by atoms with Crippen molar-refractivity contribution in [2.24, 2.45) is 17.4 Å². The molecular formula is C11H20N4. The molecule has 0 aromatic carbocycles. The minimum Gasteiger partial charge on any atom is -0.397 e. The summed E-state index contributed by atoms with van der Waals surface area (Å²) < 4.78 is 0. The van der Waals surface area contributed by atoms with E-state index >= 15 is 0 Å². The number of fused-ring (bicyclic) bond motifs is 1. The lowest BCUT2D eigenvalue weighted by atomic mass is 9.92. The van der Waals surface area contributed by atoms with Crippen LogP contribution >= 0.6 is 0 Å². The smallest absolute Gasteiger partial charge is 0.0742 e. The fourth-order valence-corrected chi connectivity index (χ4v) is 2.45. The first-order valence-electron chi connectivity index (χ1n) is 5.45. The Bertz CT molecular complexity index is 319. The molecule has 0 bridgehead atoms. The molecule has 1 aliphatic carbocycles. The molecule has 1 atom stereocenters. The van der Waals surface area contributed by atoms with E-state index in [0.717, 1.165) is 37.4 Å². The van der Waals surface area contributed by atoms with Crippen LogP contribution in [0.15, 0.2) is 23.2 Å². The zero-order valence-electron chi connectivity index (χ0n) is 9.53. The molecular weight excluding hydrogens is 188 g/mol. The number of nitrogens with zero attached hydrogens (tertiary/aromatic N) is 2. The van der Waals surface area contributed by atoms with E-state index in [1.807, 2.05) is 0 Å². The number of hydrogen-bond donors (Lipinski definition) is 2. The van der Waals surface area contributed by atoms with Crippen LogP contribution < -0.4 is 11.5 Å². The Morgan fingerprint density at radius 2 is 2.00 bits per heavy atom. The van der Waals surface area contributed by atoms with Gasteiger partial charge in [0.15, 0.2) is 0 Å². The molecule has 2 rings (SSSR count). The van der Waals surface area contributed by atoms with Gasteiger partial charge in [0.25, 0.3) is 0 Å². The van der Waals surface area contributed by atoms with Crippen LogP contribution in [-0.2, 0) is 0 Å². The van der Waals surface area contributed by atoms with E-state index in [1.54, 1.807) is 0 Å². The summed E-state index contributed by atoms with van der Waals surface area (Å²) in [5, 5.41) is 0. The molecule has 0 amide bonds. The lowest BCUT2D eigenvalue weighted by Gasteiger charge is -2.30. The average Bonchev–Trinajstić information content (AvgIpc) is 2.33. The minimum absolute atomic E-state index is 0.509. The predicted octanol–water partition coefficient (Wildman–Crippen LogP) is -0.104. The number of nitrogens with two attached hydrogens (primary N) is 2. The van der Waals surface area contributed by atoms with Crippen LogP contribution in [0, 0.1) is 5.92 Å². The molecule has 1 aliphatic heterocycles. The molecule has 0 saturated carbocycles. The van der Waals surface area contributed by atoms with Crippen LogP contribution in [-0.4, -0.2) is 43.5 Å². The highest BCUT2D eigenvalue weighted by Gasteiger charge is 2.28. The molecule has 4 N–H and O–H groups in total. The van der Waals surface area contributed by atoms with Gasteiger partial charge in [-0.15, -0.1) is 0 Å². The summed E-state index contributed by atoms with van der Waals surface area (Å²) in [6.45, 7) is 3.18. The Morgan fingerprint density at radius 1 is 1.27 bits per heavy atom.